The molecule has 2 heterocycles. The molecule has 0 fully saturated rings. The van der Waals surface area contributed by atoms with Gasteiger partial charge in [0, 0.05) is 29.1 Å². The maximum Gasteiger partial charge on any atom is 0.416 e. The van der Waals surface area contributed by atoms with Gasteiger partial charge in [-0.15, -0.1) is 0 Å². The highest BCUT2D eigenvalue weighted by molar-refractivity contribution is 6.30. The number of hydrogen-bond acceptors (Lipinski definition) is 3. The summed E-state index contributed by atoms with van der Waals surface area (Å²) in [4.78, 5) is 25.8. The van der Waals surface area contributed by atoms with E-state index in [1.54, 1.807) is 26.1 Å². The lowest BCUT2D eigenvalue weighted by Crippen LogP contribution is -2.50. The number of nitrogens with one attached hydrogen (secondary N) is 2. The predicted molar refractivity (Wildman–Crippen MR) is 113 cm³/mol. The Hall–Kier alpha value is -3.33. The van der Waals surface area contributed by atoms with E-state index < -0.39 is 35.5 Å². The maximum absolute atomic E-state index is 13.1. The van der Waals surface area contributed by atoms with Crippen molar-refractivity contribution in [3.05, 3.63) is 81.5 Å². The first-order valence-electron chi connectivity index (χ1n) is 9.64. The molecule has 0 radical (unpaired) electrons. The Labute approximate surface area is 186 Å². The number of halogens is 4. The van der Waals surface area contributed by atoms with Gasteiger partial charge in [-0.05, 0) is 48.9 Å². The van der Waals surface area contributed by atoms with E-state index in [0.717, 1.165) is 12.1 Å². The molecule has 0 bridgehead atoms. The second kappa shape index (κ2) is 7.98. The average molecular weight is 463 g/mol. The Morgan fingerprint density at radius 2 is 1.75 bits per heavy atom. The molecule has 3 aromatic rings. The van der Waals surface area contributed by atoms with Crippen LogP contribution in [-0.2, 0) is 18.0 Å². The summed E-state index contributed by atoms with van der Waals surface area (Å²) in [5, 5.41) is 10.3. The number of alkyl halides is 3. The summed E-state index contributed by atoms with van der Waals surface area (Å²) in [5.74, 6) is -1.29. The Bertz CT molecular complexity index is 1190. The Morgan fingerprint density at radius 3 is 2.34 bits per heavy atom. The molecule has 2 amide bonds. The van der Waals surface area contributed by atoms with E-state index in [1.165, 1.54) is 28.9 Å². The number of carbonyl (C=O) groups is 2. The van der Waals surface area contributed by atoms with Crippen LogP contribution < -0.4 is 10.6 Å². The normalized spacial score (nSPS) is 18.1. The van der Waals surface area contributed by atoms with E-state index in [9.17, 15) is 22.8 Å². The van der Waals surface area contributed by atoms with Crippen LogP contribution in [0.2, 0.25) is 5.02 Å². The van der Waals surface area contributed by atoms with E-state index in [1.807, 2.05) is 0 Å². The number of anilines is 1. The molecule has 1 aromatic heterocycles. The second-order valence-corrected chi connectivity index (χ2v) is 7.95. The topological polar surface area (TPSA) is 76.0 Å². The number of aromatic nitrogens is 2. The fraction of sp³-hybridized carbons (Fsp3) is 0.227. The van der Waals surface area contributed by atoms with Crippen molar-refractivity contribution in [1.82, 2.24) is 15.1 Å². The number of hydrogen-bond donors (Lipinski definition) is 2. The van der Waals surface area contributed by atoms with Crippen molar-refractivity contribution in [1.29, 1.82) is 0 Å². The number of amides is 2. The lowest BCUT2D eigenvalue weighted by molar-refractivity contribution is -0.137. The molecule has 2 aromatic carbocycles. The van der Waals surface area contributed by atoms with Gasteiger partial charge in [0.25, 0.3) is 5.91 Å². The number of carbonyl (C=O) groups excluding carboxylic acids is 2. The third-order valence-corrected chi connectivity index (χ3v) is 5.68. The number of fused-ring (bicyclic) bond motifs is 1. The standard InChI is InChI=1S/C22H18ClF3N4O2/c1-11-16-17(12-3-7-14(8-4-12)22(24,25)26)18(21(32)28-19(16)30(2)29-11)27-20(31)13-5-9-15(23)10-6-13/h3-10,17-18H,1-2H3,(H,27,31)(H,28,32)/t17-,18+/m1/s1. The molecule has 0 saturated carbocycles. The predicted octanol–water partition coefficient (Wildman–Crippen LogP) is 4.28. The molecular formula is C22H18ClF3N4O2. The lowest BCUT2D eigenvalue weighted by atomic mass is 9.81. The monoisotopic (exact) mass is 462 g/mol. The van der Waals surface area contributed by atoms with E-state index in [4.69, 9.17) is 11.6 Å². The van der Waals surface area contributed by atoms with Crippen LogP contribution in [-0.4, -0.2) is 27.6 Å². The van der Waals surface area contributed by atoms with Gasteiger partial charge >= 0.3 is 6.18 Å². The molecule has 6 nitrogen and oxygen atoms in total. The summed E-state index contributed by atoms with van der Waals surface area (Å²) in [7, 11) is 1.66. The van der Waals surface area contributed by atoms with Crippen LogP contribution in [0.25, 0.3) is 0 Å². The zero-order valence-electron chi connectivity index (χ0n) is 17.0. The molecule has 1 aliphatic heterocycles. The van der Waals surface area contributed by atoms with Gasteiger partial charge in [0.1, 0.15) is 11.9 Å². The maximum atomic E-state index is 13.1. The number of rotatable bonds is 3. The number of benzene rings is 2. The van der Waals surface area contributed by atoms with Gasteiger partial charge in [-0.25, -0.2) is 0 Å². The minimum atomic E-state index is -4.49. The van der Waals surface area contributed by atoms with Gasteiger partial charge < -0.3 is 10.6 Å². The highest BCUT2D eigenvalue weighted by Crippen LogP contribution is 2.40. The van der Waals surface area contributed by atoms with Crippen LogP contribution in [0.3, 0.4) is 0 Å². The summed E-state index contributed by atoms with van der Waals surface area (Å²) in [6.07, 6.45) is -4.49. The van der Waals surface area contributed by atoms with Crippen molar-refractivity contribution in [2.24, 2.45) is 7.05 Å². The highest BCUT2D eigenvalue weighted by atomic mass is 35.5. The first kappa shape index (κ1) is 21.9. The molecule has 1 aliphatic rings. The van der Waals surface area contributed by atoms with Crippen molar-refractivity contribution in [2.75, 3.05) is 5.32 Å². The molecule has 0 saturated heterocycles. The van der Waals surface area contributed by atoms with Gasteiger partial charge in [0.2, 0.25) is 5.91 Å². The van der Waals surface area contributed by atoms with Crippen LogP contribution in [0.5, 0.6) is 0 Å². The third-order valence-electron chi connectivity index (χ3n) is 5.43. The van der Waals surface area contributed by atoms with Crippen molar-refractivity contribution in [3.8, 4) is 0 Å². The second-order valence-electron chi connectivity index (χ2n) is 7.52. The molecule has 10 heteroatoms. The van der Waals surface area contributed by atoms with E-state index in [0.29, 0.717) is 33.2 Å². The molecule has 166 valence electrons. The number of aryl methyl sites for hydroxylation is 2. The summed E-state index contributed by atoms with van der Waals surface area (Å²) in [5.41, 5.74) is 1.17. The fourth-order valence-electron chi connectivity index (χ4n) is 3.92. The Balaban J connectivity index is 1.77. The third kappa shape index (κ3) is 3.95. The summed E-state index contributed by atoms with van der Waals surface area (Å²) in [6.45, 7) is 1.74. The van der Waals surface area contributed by atoms with Crippen LogP contribution >= 0.6 is 11.6 Å². The first-order valence-corrected chi connectivity index (χ1v) is 10.0. The van der Waals surface area contributed by atoms with E-state index >= 15 is 0 Å². The summed E-state index contributed by atoms with van der Waals surface area (Å²) in [6, 6.07) is 9.65. The van der Waals surface area contributed by atoms with E-state index in [2.05, 4.69) is 15.7 Å². The average Bonchev–Trinajstić information content (AvgIpc) is 3.01. The highest BCUT2D eigenvalue weighted by Gasteiger charge is 2.41. The molecule has 32 heavy (non-hydrogen) atoms. The molecule has 0 unspecified atom stereocenters. The van der Waals surface area contributed by atoms with E-state index in [-0.39, 0.29) is 0 Å². The van der Waals surface area contributed by atoms with Crippen molar-refractivity contribution < 1.29 is 22.8 Å². The summed E-state index contributed by atoms with van der Waals surface area (Å²) >= 11 is 5.87. The van der Waals surface area contributed by atoms with Crippen LogP contribution in [0.15, 0.2) is 48.5 Å². The van der Waals surface area contributed by atoms with Gasteiger partial charge in [0.15, 0.2) is 0 Å². The fourth-order valence-corrected chi connectivity index (χ4v) is 4.05. The van der Waals surface area contributed by atoms with Crippen molar-refractivity contribution >= 4 is 29.2 Å². The molecule has 2 atom stereocenters. The van der Waals surface area contributed by atoms with Gasteiger partial charge in [0.05, 0.1) is 11.3 Å². The number of nitrogens with zero attached hydrogens (tertiary/aromatic N) is 2. The Morgan fingerprint density at radius 1 is 1.12 bits per heavy atom. The lowest BCUT2D eigenvalue weighted by Gasteiger charge is -2.32. The molecule has 0 spiro atoms. The van der Waals surface area contributed by atoms with Crippen molar-refractivity contribution in [3.63, 3.8) is 0 Å². The molecular weight excluding hydrogens is 445 g/mol. The van der Waals surface area contributed by atoms with Gasteiger partial charge in [-0.2, -0.15) is 18.3 Å². The smallest absolute Gasteiger partial charge is 0.339 e. The Kier molecular flexibility index (Phi) is 5.46. The quantitative estimate of drug-likeness (QED) is 0.610. The molecule has 2 N–H and O–H groups in total. The largest absolute Gasteiger partial charge is 0.416 e. The zero-order valence-corrected chi connectivity index (χ0v) is 17.8. The zero-order chi connectivity index (χ0) is 23.2. The first-order chi connectivity index (χ1) is 15.1. The summed E-state index contributed by atoms with van der Waals surface area (Å²) < 4.78 is 40.7. The molecule has 0 aliphatic carbocycles. The minimum Gasteiger partial charge on any atom is -0.339 e. The molecule has 4 rings (SSSR count). The van der Waals surface area contributed by atoms with Crippen molar-refractivity contribution in [2.45, 2.75) is 25.1 Å². The van der Waals surface area contributed by atoms with Crippen LogP contribution in [0.4, 0.5) is 19.0 Å². The van der Waals surface area contributed by atoms with Gasteiger partial charge in [-0.3, -0.25) is 14.3 Å². The van der Waals surface area contributed by atoms with Crippen LogP contribution in [0.1, 0.15) is 38.7 Å². The van der Waals surface area contributed by atoms with Gasteiger partial charge in [-0.1, -0.05) is 23.7 Å². The van der Waals surface area contributed by atoms with Crippen LogP contribution in [0, 0.1) is 6.92 Å². The SMILES string of the molecule is Cc1nn(C)c2c1[C@@H](c1ccc(C(F)(F)F)cc1)[C@H](NC(=O)c1ccc(Cl)cc1)C(=O)N2. The minimum absolute atomic E-state index is 0.294.